The lowest BCUT2D eigenvalue weighted by atomic mass is 9.99. The van der Waals surface area contributed by atoms with E-state index < -0.39 is 0 Å². The molecular weight excluding hydrogens is 405 g/mol. The molecule has 0 saturated carbocycles. The number of hydrogen-bond acceptors (Lipinski definition) is 3. The number of rotatable bonds is 5. The Balaban J connectivity index is 0.000000174. The normalized spacial score (nSPS) is 15.0. The summed E-state index contributed by atoms with van der Waals surface area (Å²) < 4.78 is 12.5. The third-order valence-electron chi connectivity index (χ3n) is 5.60. The van der Waals surface area contributed by atoms with Crippen LogP contribution in [-0.2, 0) is 11.2 Å². The number of imidazole rings is 1. The summed E-state index contributed by atoms with van der Waals surface area (Å²) in [7, 11) is 0. The first kappa shape index (κ1) is 21.8. The third-order valence-corrected chi connectivity index (χ3v) is 5.60. The number of unbranched alkanes of at least 4 members (excludes halogenated alkanes) is 1. The van der Waals surface area contributed by atoms with Gasteiger partial charge in [-0.1, -0.05) is 31.5 Å². The van der Waals surface area contributed by atoms with Crippen LogP contribution in [0.25, 0.3) is 22.2 Å². The van der Waals surface area contributed by atoms with Crippen molar-refractivity contribution in [2.24, 2.45) is 0 Å². The van der Waals surface area contributed by atoms with E-state index >= 15 is 0 Å². The molecule has 32 heavy (non-hydrogen) atoms. The lowest BCUT2D eigenvalue weighted by Gasteiger charge is -2.23. The minimum atomic E-state index is -0.247. The molecule has 0 spiro atoms. The van der Waals surface area contributed by atoms with E-state index in [1.54, 1.807) is 24.7 Å². The van der Waals surface area contributed by atoms with Crippen molar-refractivity contribution in [2.45, 2.75) is 32.2 Å². The van der Waals surface area contributed by atoms with Crippen LogP contribution >= 0.6 is 0 Å². The number of fused-ring (bicyclic) bond motifs is 3. The van der Waals surface area contributed by atoms with E-state index in [0.29, 0.717) is 0 Å². The lowest BCUT2D eigenvalue weighted by Crippen LogP contribution is -2.41. The Bertz CT molecular complexity index is 1150. The zero-order valence-electron chi connectivity index (χ0n) is 18.1. The van der Waals surface area contributed by atoms with Gasteiger partial charge in [0.1, 0.15) is 11.9 Å². The molecule has 1 aliphatic rings. The Morgan fingerprint density at radius 1 is 1.19 bits per heavy atom. The third kappa shape index (κ3) is 4.89. The van der Waals surface area contributed by atoms with Gasteiger partial charge in [0.2, 0.25) is 5.91 Å². The van der Waals surface area contributed by atoms with Crippen molar-refractivity contribution in [3.63, 3.8) is 0 Å². The van der Waals surface area contributed by atoms with Gasteiger partial charge >= 0.3 is 0 Å². The zero-order chi connectivity index (χ0) is 22.3. The highest BCUT2D eigenvalue weighted by atomic mass is 19.1. The second-order valence-electron chi connectivity index (χ2n) is 7.82. The molecule has 4 aromatic rings. The predicted molar refractivity (Wildman–Crippen MR) is 125 cm³/mol. The maximum Gasteiger partial charge on any atom is 0.243 e. The van der Waals surface area contributed by atoms with Gasteiger partial charge in [-0.3, -0.25) is 4.79 Å². The number of amides is 1. The Labute approximate surface area is 186 Å². The second kappa shape index (κ2) is 10.2. The SMILES string of the molecule is CCCCNC(=O)C1NCCc2c1[nH]c1ccccc21.Fc1ccc(-c2cnc[nH]2)cc1. The summed E-state index contributed by atoms with van der Waals surface area (Å²) in [6, 6.07) is 14.3. The van der Waals surface area contributed by atoms with Crippen LogP contribution < -0.4 is 10.6 Å². The molecule has 2 aromatic carbocycles. The average Bonchev–Trinajstić information content (AvgIpc) is 3.48. The van der Waals surface area contributed by atoms with E-state index in [1.807, 2.05) is 6.07 Å². The number of aromatic amines is 2. The summed E-state index contributed by atoms with van der Waals surface area (Å²) in [5.74, 6) is -0.149. The molecule has 0 fully saturated rings. The second-order valence-corrected chi connectivity index (χ2v) is 7.82. The topological polar surface area (TPSA) is 85.6 Å². The van der Waals surface area contributed by atoms with Crippen molar-refractivity contribution in [2.75, 3.05) is 13.1 Å². The molecule has 0 saturated heterocycles. The van der Waals surface area contributed by atoms with Crippen LogP contribution in [0.15, 0.2) is 61.1 Å². The van der Waals surface area contributed by atoms with Crippen molar-refractivity contribution in [3.05, 3.63) is 78.1 Å². The van der Waals surface area contributed by atoms with Gasteiger partial charge in [-0.2, -0.15) is 0 Å². The van der Waals surface area contributed by atoms with Crippen LogP contribution in [0.5, 0.6) is 0 Å². The molecule has 2 aromatic heterocycles. The Morgan fingerprint density at radius 3 is 2.75 bits per heavy atom. The van der Waals surface area contributed by atoms with Gasteiger partial charge in [-0.25, -0.2) is 9.37 Å². The van der Waals surface area contributed by atoms with Crippen LogP contribution in [0.1, 0.15) is 37.1 Å². The standard InChI is InChI=1S/C16H21N3O.C9H7FN2/c1-2-3-9-18-16(20)15-14-12(8-10-17-15)11-6-4-5-7-13(11)19-14;10-8-3-1-7(2-4-8)9-5-11-6-12-9/h4-7,15,17,19H,2-3,8-10H2,1H3,(H,18,20);1-6H,(H,11,12). The highest BCUT2D eigenvalue weighted by Crippen LogP contribution is 2.29. The first-order chi connectivity index (χ1) is 15.7. The van der Waals surface area contributed by atoms with Gasteiger partial charge in [0.25, 0.3) is 0 Å². The van der Waals surface area contributed by atoms with E-state index in [-0.39, 0.29) is 17.8 Å². The Kier molecular flexibility index (Phi) is 6.97. The molecule has 3 heterocycles. The summed E-state index contributed by atoms with van der Waals surface area (Å²) in [6.45, 7) is 3.73. The lowest BCUT2D eigenvalue weighted by molar-refractivity contribution is -0.123. The van der Waals surface area contributed by atoms with Gasteiger partial charge in [0, 0.05) is 29.7 Å². The first-order valence-electron chi connectivity index (χ1n) is 11.0. The summed E-state index contributed by atoms with van der Waals surface area (Å²) >= 11 is 0. The molecule has 5 rings (SSSR count). The largest absolute Gasteiger partial charge is 0.356 e. The highest BCUT2D eigenvalue weighted by molar-refractivity contribution is 5.90. The number of nitrogens with zero attached hydrogens (tertiary/aromatic N) is 1. The number of halogens is 1. The predicted octanol–water partition coefficient (Wildman–Crippen LogP) is 4.49. The molecule has 0 bridgehead atoms. The number of hydrogen-bond donors (Lipinski definition) is 4. The van der Waals surface area contributed by atoms with Crippen LogP contribution in [0, 0.1) is 5.82 Å². The van der Waals surface area contributed by atoms with Crippen LogP contribution in [0.4, 0.5) is 4.39 Å². The van der Waals surface area contributed by atoms with E-state index in [2.05, 4.69) is 50.7 Å². The van der Waals surface area contributed by atoms with Crippen molar-refractivity contribution in [3.8, 4) is 11.3 Å². The fourth-order valence-electron chi connectivity index (χ4n) is 3.94. The first-order valence-corrected chi connectivity index (χ1v) is 11.0. The molecule has 1 aliphatic heterocycles. The van der Waals surface area contributed by atoms with E-state index in [1.165, 1.54) is 23.1 Å². The van der Waals surface area contributed by atoms with Gasteiger partial charge in [0.05, 0.1) is 18.2 Å². The summed E-state index contributed by atoms with van der Waals surface area (Å²) in [5.41, 5.74) is 5.28. The molecule has 4 N–H and O–H groups in total. The maximum atomic E-state index is 12.5. The van der Waals surface area contributed by atoms with Gasteiger partial charge in [0.15, 0.2) is 0 Å². The van der Waals surface area contributed by atoms with Crippen molar-refractivity contribution >= 4 is 16.8 Å². The van der Waals surface area contributed by atoms with Crippen molar-refractivity contribution in [1.29, 1.82) is 0 Å². The molecule has 0 radical (unpaired) electrons. The van der Waals surface area contributed by atoms with Gasteiger partial charge in [-0.15, -0.1) is 0 Å². The van der Waals surface area contributed by atoms with E-state index in [4.69, 9.17) is 0 Å². The zero-order valence-corrected chi connectivity index (χ0v) is 18.1. The van der Waals surface area contributed by atoms with Gasteiger partial charge in [-0.05, 0) is 54.3 Å². The van der Waals surface area contributed by atoms with E-state index in [0.717, 1.165) is 54.8 Å². The molecule has 1 amide bonds. The number of para-hydroxylation sites is 1. The monoisotopic (exact) mass is 433 g/mol. The molecule has 166 valence electrons. The van der Waals surface area contributed by atoms with Crippen LogP contribution in [0.3, 0.4) is 0 Å². The number of H-pyrrole nitrogens is 2. The van der Waals surface area contributed by atoms with Crippen molar-refractivity contribution in [1.82, 2.24) is 25.6 Å². The minimum absolute atomic E-state index is 0.0750. The van der Waals surface area contributed by atoms with E-state index in [9.17, 15) is 9.18 Å². The quantitative estimate of drug-likeness (QED) is 0.350. The minimum Gasteiger partial charge on any atom is -0.356 e. The molecule has 1 atom stereocenters. The number of aromatic nitrogens is 3. The molecule has 1 unspecified atom stereocenters. The number of benzene rings is 2. The Morgan fingerprint density at radius 2 is 2.00 bits per heavy atom. The average molecular weight is 434 g/mol. The smallest absolute Gasteiger partial charge is 0.243 e. The number of nitrogens with one attached hydrogen (secondary N) is 4. The van der Waals surface area contributed by atoms with Crippen molar-refractivity contribution < 1.29 is 9.18 Å². The maximum absolute atomic E-state index is 12.5. The fourth-order valence-corrected chi connectivity index (χ4v) is 3.94. The molecular formula is C25H28FN5O. The Hall–Kier alpha value is -3.45. The molecule has 0 aliphatic carbocycles. The molecule has 6 nitrogen and oxygen atoms in total. The van der Waals surface area contributed by atoms with Crippen LogP contribution in [-0.4, -0.2) is 33.9 Å². The number of carbonyl (C=O) groups is 1. The summed E-state index contributed by atoms with van der Waals surface area (Å²) in [5, 5.41) is 7.58. The molecule has 7 heteroatoms. The van der Waals surface area contributed by atoms with Gasteiger partial charge < -0.3 is 20.6 Å². The number of carbonyl (C=O) groups excluding carboxylic acids is 1. The summed E-state index contributed by atoms with van der Waals surface area (Å²) in [6.07, 6.45) is 6.39. The highest BCUT2D eigenvalue weighted by Gasteiger charge is 2.28. The fraction of sp³-hybridized carbons (Fsp3) is 0.280. The summed E-state index contributed by atoms with van der Waals surface area (Å²) in [4.78, 5) is 22.5. The van der Waals surface area contributed by atoms with Crippen LogP contribution in [0.2, 0.25) is 0 Å².